The minimum Gasteiger partial charge on any atom is -0.494 e. The van der Waals surface area contributed by atoms with Gasteiger partial charge in [0.2, 0.25) is 0 Å². The van der Waals surface area contributed by atoms with E-state index in [4.69, 9.17) is 14.2 Å². The first kappa shape index (κ1) is 15.8. The second kappa shape index (κ2) is 8.67. The van der Waals surface area contributed by atoms with Crippen molar-refractivity contribution >= 4 is 5.97 Å². The van der Waals surface area contributed by atoms with Gasteiger partial charge in [-0.05, 0) is 44.2 Å². The fraction of sp³-hybridized carbons (Fsp3) is 0.588. The number of carbonyl (C=O) groups excluding carboxylic acids is 1. The summed E-state index contributed by atoms with van der Waals surface area (Å²) >= 11 is 0. The molecule has 4 nitrogen and oxygen atoms in total. The second-order valence-electron chi connectivity index (χ2n) is 5.21. The highest BCUT2D eigenvalue weighted by Crippen LogP contribution is 2.20. The van der Waals surface area contributed by atoms with Gasteiger partial charge in [-0.2, -0.15) is 0 Å². The molecule has 1 aliphatic heterocycles. The Morgan fingerprint density at radius 2 is 2.19 bits per heavy atom. The molecule has 0 aliphatic carbocycles. The van der Waals surface area contributed by atoms with Gasteiger partial charge in [-0.15, -0.1) is 0 Å². The van der Waals surface area contributed by atoms with Gasteiger partial charge < -0.3 is 14.2 Å². The molecule has 1 aromatic carbocycles. The van der Waals surface area contributed by atoms with Crippen LogP contribution in [0.4, 0.5) is 0 Å². The molecule has 1 aliphatic rings. The van der Waals surface area contributed by atoms with Crippen molar-refractivity contribution < 1.29 is 19.0 Å². The molecule has 21 heavy (non-hydrogen) atoms. The summed E-state index contributed by atoms with van der Waals surface area (Å²) in [6.07, 6.45) is 4.35. The van der Waals surface area contributed by atoms with Crippen LogP contribution in [0.15, 0.2) is 24.3 Å². The van der Waals surface area contributed by atoms with Gasteiger partial charge in [-0.1, -0.05) is 18.2 Å². The molecule has 1 aromatic rings. The normalized spacial score (nSPS) is 18.2. The van der Waals surface area contributed by atoms with Crippen LogP contribution in [0, 0.1) is 0 Å². The SMILES string of the molecule is CCOc1ccccc1CCC(=O)OCC1CCCCO1. The standard InChI is InChI=1S/C17H24O4/c1-2-19-16-9-4-3-7-14(16)10-11-17(18)21-13-15-8-5-6-12-20-15/h3-4,7,9,15H,2,5-6,8,10-13H2,1H3. The zero-order valence-electron chi connectivity index (χ0n) is 12.7. The van der Waals surface area contributed by atoms with Crippen molar-refractivity contribution in [2.75, 3.05) is 19.8 Å². The highest BCUT2D eigenvalue weighted by Gasteiger charge is 2.16. The summed E-state index contributed by atoms with van der Waals surface area (Å²) in [5.41, 5.74) is 1.05. The molecule has 0 radical (unpaired) electrons. The summed E-state index contributed by atoms with van der Waals surface area (Å²) in [7, 11) is 0. The lowest BCUT2D eigenvalue weighted by Gasteiger charge is -2.22. The van der Waals surface area contributed by atoms with Crippen molar-refractivity contribution in [3.8, 4) is 5.75 Å². The topological polar surface area (TPSA) is 44.8 Å². The first-order valence-corrected chi connectivity index (χ1v) is 7.77. The van der Waals surface area contributed by atoms with Gasteiger partial charge in [0.1, 0.15) is 12.4 Å². The van der Waals surface area contributed by atoms with Crippen molar-refractivity contribution in [1.82, 2.24) is 0 Å². The fourth-order valence-electron chi connectivity index (χ4n) is 2.44. The van der Waals surface area contributed by atoms with E-state index in [0.717, 1.165) is 37.2 Å². The van der Waals surface area contributed by atoms with E-state index in [9.17, 15) is 4.79 Å². The Morgan fingerprint density at radius 1 is 1.33 bits per heavy atom. The Bertz CT molecular complexity index is 438. The molecule has 116 valence electrons. The number of ether oxygens (including phenoxy) is 3. The molecule has 0 saturated carbocycles. The Kier molecular flexibility index (Phi) is 6.54. The van der Waals surface area contributed by atoms with Gasteiger partial charge in [0.25, 0.3) is 0 Å². The predicted octanol–water partition coefficient (Wildman–Crippen LogP) is 3.13. The minimum atomic E-state index is -0.171. The highest BCUT2D eigenvalue weighted by molar-refractivity contribution is 5.69. The predicted molar refractivity (Wildman–Crippen MR) is 80.5 cm³/mol. The molecule has 1 unspecified atom stereocenters. The summed E-state index contributed by atoms with van der Waals surface area (Å²) in [5, 5.41) is 0. The molecule has 1 fully saturated rings. The van der Waals surface area contributed by atoms with Crippen LogP contribution in [0.3, 0.4) is 0 Å². The van der Waals surface area contributed by atoms with Crippen molar-refractivity contribution in [2.24, 2.45) is 0 Å². The summed E-state index contributed by atoms with van der Waals surface area (Å²) in [6.45, 7) is 3.74. The van der Waals surface area contributed by atoms with Crippen molar-refractivity contribution in [2.45, 2.75) is 45.1 Å². The molecule has 2 rings (SSSR count). The van der Waals surface area contributed by atoms with Gasteiger partial charge in [-0.3, -0.25) is 4.79 Å². The van der Waals surface area contributed by atoms with Gasteiger partial charge in [0.15, 0.2) is 0 Å². The quantitative estimate of drug-likeness (QED) is 0.724. The van der Waals surface area contributed by atoms with E-state index in [0.29, 0.717) is 26.1 Å². The maximum absolute atomic E-state index is 11.8. The van der Waals surface area contributed by atoms with Gasteiger partial charge in [-0.25, -0.2) is 0 Å². The number of hydrogen-bond acceptors (Lipinski definition) is 4. The van der Waals surface area contributed by atoms with E-state index in [2.05, 4.69) is 0 Å². The van der Waals surface area contributed by atoms with Crippen LogP contribution in [0.5, 0.6) is 5.75 Å². The molecule has 1 heterocycles. The second-order valence-corrected chi connectivity index (χ2v) is 5.21. The van der Waals surface area contributed by atoms with Crippen LogP contribution in [0.2, 0.25) is 0 Å². The van der Waals surface area contributed by atoms with Crippen LogP contribution in [0.1, 0.15) is 38.2 Å². The van der Waals surface area contributed by atoms with Gasteiger partial charge >= 0.3 is 5.97 Å². The lowest BCUT2D eigenvalue weighted by Crippen LogP contribution is -2.26. The van der Waals surface area contributed by atoms with Crippen LogP contribution < -0.4 is 4.74 Å². The number of aryl methyl sites for hydroxylation is 1. The Balaban J connectivity index is 1.73. The van der Waals surface area contributed by atoms with E-state index < -0.39 is 0 Å². The average Bonchev–Trinajstić information content (AvgIpc) is 2.53. The lowest BCUT2D eigenvalue weighted by atomic mass is 10.1. The Labute approximate surface area is 126 Å². The smallest absolute Gasteiger partial charge is 0.306 e. The Morgan fingerprint density at radius 3 is 2.95 bits per heavy atom. The number of esters is 1. The molecule has 1 atom stereocenters. The zero-order valence-corrected chi connectivity index (χ0v) is 12.7. The third-order valence-electron chi connectivity index (χ3n) is 3.58. The van der Waals surface area contributed by atoms with Crippen LogP contribution in [-0.4, -0.2) is 31.9 Å². The van der Waals surface area contributed by atoms with Crippen LogP contribution >= 0.6 is 0 Å². The molecular weight excluding hydrogens is 268 g/mol. The number of carbonyl (C=O) groups is 1. The molecule has 0 amide bonds. The van der Waals surface area contributed by atoms with E-state index >= 15 is 0 Å². The summed E-state index contributed by atoms with van der Waals surface area (Å²) in [6, 6.07) is 7.81. The molecule has 0 aromatic heterocycles. The van der Waals surface area contributed by atoms with Crippen molar-refractivity contribution in [3.63, 3.8) is 0 Å². The summed E-state index contributed by atoms with van der Waals surface area (Å²) < 4.78 is 16.4. The van der Waals surface area contributed by atoms with E-state index in [1.807, 2.05) is 31.2 Å². The number of benzene rings is 1. The van der Waals surface area contributed by atoms with E-state index in [1.54, 1.807) is 0 Å². The number of para-hydroxylation sites is 1. The Hall–Kier alpha value is -1.55. The third-order valence-corrected chi connectivity index (χ3v) is 3.58. The maximum atomic E-state index is 11.8. The third kappa shape index (κ3) is 5.38. The first-order chi connectivity index (χ1) is 10.3. The fourth-order valence-corrected chi connectivity index (χ4v) is 2.44. The highest BCUT2D eigenvalue weighted by atomic mass is 16.6. The zero-order chi connectivity index (χ0) is 14.9. The maximum Gasteiger partial charge on any atom is 0.306 e. The molecule has 4 heteroatoms. The lowest BCUT2D eigenvalue weighted by molar-refractivity contribution is -0.149. The molecule has 1 saturated heterocycles. The first-order valence-electron chi connectivity index (χ1n) is 7.77. The van der Waals surface area contributed by atoms with Crippen LogP contribution in [0.25, 0.3) is 0 Å². The minimum absolute atomic E-state index is 0.0819. The largest absolute Gasteiger partial charge is 0.494 e. The molecule has 0 bridgehead atoms. The molecule has 0 N–H and O–H groups in total. The number of hydrogen-bond donors (Lipinski definition) is 0. The van der Waals surface area contributed by atoms with Crippen molar-refractivity contribution in [1.29, 1.82) is 0 Å². The van der Waals surface area contributed by atoms with E-state index in [-0.39, 0.29) is 12.1 Å². The van der Waals surface area contributed by atoms with Crippen molar-refractivity contribution in [3.05, 3.63) is 29.8 Å². The van der Waals surface area contributed by atoms with E-state index in [1.165, 1.54) is 0 Å². The summed E-state index contributed by atoms with van der Waals surface area (Å²) in [4.78, 5) is 11.8. The number of rotatable bonds is 7. The van der Waals surface area contributed by atoms with Crippen LogP contribution in [-0.2, 0) is 20.7 Å². The summed E-state index contributed by atoms with van der Waals surface area (Å²) in [5.74, 6) is 0.680. The molecule has 0 spiro atoms. The van der Waals surface area contributed by atoms with Gasteiger partial charge in [0.05, 0.1) is 12.7 Å². The molecular formula is C17H24O4. The monoisotopic (exact) mass is 292 g/mol. The van der Waals surface area contributed by atoms with Gasteiger partial charge in [0, 0.05) is 13.0 Å². The average molecular weight is 292 g/mol.